The summed E-state index contributed by atoms with van der Waals surface area (Å²) in [6.07, 6.45) is 1.98. The summed E-state index contributed by atoms with van der Waals surface area (Å²) in [5.74, 6) is -0.230. The van der Waals surface area contributed by atoms with Gasteiger partial charge in [0.2, 0.25) is 0 Å². The zero-order valence-electron chi connectivity index (χ0n) is 8.59. The number of unbranched alkanes of at least 4 members (excludes halogenated alkanes) is 1. The number of carbonyl (C=O) groups excluding carboxylic acids is 1. The lowest BCUT2D eigenvalue weighted by molar-refractivity contribution is 0.0950. The molecule has 0 aromatic heterocycles. The average Bonchev–Trinajstić information content (AvgIpc) is 2.17. The Morgan fingerprint density at radius 1 is 1.53 bits per heavy atom. The van der Waals surface area contributed by atoms with Gasteiger partial charge in [0.25, 0.3) is 5.91 Å². The molecule has 4 heteroatoms. The van der Waals surface area contributed by atoms with Gasteiger partial charge in [-0.2, -0.15) is 0 Å². The molecule has 0 saturated carbocycles. The van der Waals surface area contributed by atoms with Crippen LogP contribution < -0.4 is 5.32 Å². The second kappa shape index (κ2) is 5.75. The maximum atomic E-state index is 11.6. The van der Waals surface area contributed by atoms with E-state index in [-0.39, 0.29) is 11.7 Å². The number of aromatic hydroxyl groups is 1. The molecule has 1 amide bonds. The molecule has 0 radical (unpaired) electrons. The molecule has 15 heavy (non-hydrogen) atoms. The monoisotopic (exact) mass is 271 g/mol. The summed E-state index contributed by atoms with van der Waals surface area (Å²) >= 11 is 3.22. The van der Waals surface area contributed by atoms with Crippen LogP contribution >= 0.6 is 15.9 Å². The third-order valence-corrected chi connectivity index (χ3v) is 2.51. The Kier molecular flexibility index (Phi) is 4.62. The van der Waals surface area contributed by atoms with E-state index in [0.29, 0.717) is 12.1 Å². The summed E-state index contributed by atoms with van der Waals surface area (Å²) in [5.41, 5.74) is 0.314. The number of nitrogens with one attached hydrogen (secondary N) is 1. The summed E-state index contributed by atoms with van der Waals surface area (Å²) in [7, 11) is 0. The van der Waals surface area contributed by atoms with Crippen LogP contribution in [-0.2, 0) is 0 Å². The quantitative estimate of drug-likeness (QED) is 0.828. The smallest absolute Gasteiger partial charge is 0.255 e. The van der Waals surface area contributed by atoms with Crippen LogP contribution in [0.15, 0.2) is 22.7 Å². The molecule has 1 rings (SSSR count). The van der Waals surface area contributed by atoms with Gasteiger partial charge in [-0.15, -0.1) is 0 Å². The number of phenols is 1. The summed E-state index contributed by atoms with van der Waals surface area (Å²) in [6.45, 7) is 2.70. The lowest BCUT2D eigenvalue weighted by Crippen LogP contribution is -2.24. The second-order valence-electron chi connectivity index (χ2n) is 3.27. The highest BCUT2D eigenvalue weighted by atomic mass is 79.9. The fraction of sp³-hybridized carbons (Fsp3) is 0.364. The van der Waals surface area contributed by atoms with Crippen LogP contribution in [0.4, 0.5) is 0 Å². The van der Waals surface area contributed by atoms with E-state index in [1.54, 1.807) is 12.1 Å². The van der Waals surface area contributed by atoms with Gasteiger partial charge in [0.1, 0.15) is 5.75 Å². The Hall–Kier alpha value is -1.03. The standard InChI is InChI=1S/C11H14BrNO2/c1-2-3-6-13-11(15)9-5-4-8(12)7-10(9)14/h4-5,7,14H,2-3,6H2,1H3,(H,13,15). The van der Waals surface area contributed by atoms with E-state index in [2.05, 4.69) is 28.2 Å². The number of hydrogen-bond acceptors (Lipinski definition) is 2. The molecule has 0 heterocycles. The summed E-state index contributed by atoms with van der Waals surface area (Å²) in [6, 6.07) is 4.84. The van der Waals surface area contributed by atoms with Gasteiger partial charge in [0.15, 0.2) is 0 Å². The number of rotatable bonds is 4. The van der Waals surface area contributed by atoms with Gasteiger partial charge in [-0.05, 0) is 24.6 Å². The first-order chi connectivity index (χ1) is 7.15. The number of amides is 1. The second-order valence-corrected chi connectivity index (χ2v) is 4.19. The molecule has 0 aliphatic heterocycles. The van der Waals surface area contributed by atoms with E-state index in [9.17, 15) is 9.90 Å². The molecule has 3 nitrogen and oxygen atoms in total. The molecule has 0 fully saturated rings. The van der Waals surface area contributed by atoms with E-state index in [1.165, 1.54) is 6.07 Å². The molecule has 0 aliphatic rings. The molecule has 0 saturated heterocycles. The predicted molar refractivity (Wildman–Crippen MR) is 63.0 cm³/mol. The molecule has 2 N–H and O–H groups in total. The summed E-state index contributed by atoms with van der Waals surface area (Å²) < 4.78 is 0.755. The van der Waals surface area contributed by atoms with Gasteiger partial charge in [0, 0.05) is 11.0 Å². The minimum absolute atomic E-state index is 0.00151. The van der Waals surface area contributed by atoms with Crippen molar-refractivity contribution in [3.63, 3.8) is 0 Å². The van der Waals surface area contributed by atoms with Crippen molar-refractivity contribution in [3.05, 3.63) is 28.2 Å². The Morgan fingerprint density at radius 3 is 2.87 bits per heavy atom. The zero-order chi connectivity index (χ0) is 11.3. The number of carbonyl (C=O) groups is 1. The topological polar surface area (TPSA) is 49.3 Å². The Bertz CT molecular complexity index is 352. The molecule has 0 aliphatic carbocycles. The van der Waals surface area contributed by atoms with Crippen molar-refractivity contribution in [2.75, 3.05) is 6.54 Å². The van der Waals surface area contributed by atoms with Gasteiger partial charge in [-0.25, -0.2) is 0 Å². The van der Waals surface area contributed by atoms with Crippen molar-refractivity contribution in [3.8, 4) is 5.75 Å². The maximum absolute atomic E-state index is 11.6. The third-order valence-electron chi connectivity index (χ3n) is 2.02. The first-order valence-electron chi connectivity index (χ1n) is 4.92. The van der Waals surface area contributed by atoms with E-state index in [4.69, 9.17) is 0 Å². The van der Waals surface area contributed by atoms with Gasteiger partial charge in [0.05, 0.1) is 5.56 Å². The Morgan fingerprint density at radius 2 is 2.27 bits per heavy atom. The third kappa shape index (κ3) is 3.55. The van der Waals surface area contributed by atoms with Crippen molar-refractivity contribution in [2.24, 2.45) is 0 Å². The predicted octanol–water partition coefficient (Wildman–Crippen LogP) is 2.68. The Labute approximate surface area is 97.6 Å². The van der Waals surface area contributed by atoms with Crippen LogP contribution in [0.5, 0.6) is 5.75 Å². The van der Waals surface area contributed by atoms with E-state index in [1.807, 2.05) is 0 Å². The van der Waals surface area contributed by atoms with Crippen LogP contribution in [0, 0.1) is 0 Å². The maximum Gasteiger partial charge on any atom is 0.255 e. The van der Waals surface area contributed by atoms with E-state index >= 15 is 0 Å². The number of benzene rings is 1. The van der Waals surface area contributed by atoms with Gasteiger partial charge in [-0.1, -0.05) is 29.3 Å². The molecule has 1 aromatic rings. The summed E-state index contributed by atoms with van der Waals surface area (Å²) in [5, 5.41) is 12.3. The SMILES string of the molecule is CCCCNC(=O)c1ccc(Br)cc1O. The largest absolute Gasteiger partial charge is 0.507 e. The van der Waals surface area contributed by atoms with Crippen molar-refractivity contribution in [2.45, 2.75) is 19.8 Å². The van der Waals surface area contributed by atoms with Crippen LogP contribution in [0.2, 0.25) is 0 Å². The fourth-order valence-electron chi connectivity index (χ4n) is 1.17. The highest BCUT2D eigenvalue weighted by Gasteiger charge is 2.09. The summed E-state index contributed by atoms with van der Waals surface area (Å²) in [4.78, 5) is 11.6. The molecule has 0 bridgehead atoms. The van der Waals surface area contributed by atoms with Gasteiger partial charge < -0.3 is 10.4 Å². The molecule has 0 spiro atoms. The molecule has 0 atom stereocenters. The average molecular weight is 272 g/mol. The van der Waals surface area contributed by atoms with Crippen LogP contribution in [0.3, 0.4) is 0 Å². The molecule has 0 unspecified atom stereocenters. The van der Waals surface area contributed by atoms with Crippen molar-refractivity contribution >= 4 is 21.8 Å². The van der Waals surface area contributed by atoms with Gasteiger partial charge in [-0.3, -0.25) is 4.79 Å². The molecule has 82 valence electrons. The first kappa shape index (κ1) is 12.0. The molecular formula is C11H14BrNO2. The van der Waals surface area contributed by atoms with Gasteiger partial charge >= 0.3 is 0 Å². The van der Waals surface area contributed by atoms with E-state index < -0.39 is 0 Å². The van der Waals surface area contributed by atoms with Crippen LogP contribution in [0.1, 0.15) is 30.1 Å². The van der Waals surface area contributed by atoms with Crippen LogP contribution in [-0.4, -0.2) is 17.6 Å². The fourth-order valence-corrected chi connectivity index (χ4v) is 1.52. The minimum atomic E-state index is -0.228. The van der Waals surface area contributed by atoms with Crippen LogP contribution in [0.25, 0.3) is 0 Å². The van der Waals surface area contributed by atoms with Crippen molar-refractivity contribution in [1.82, 2.24) is 5.32 Å². The molecule has 1 aromatic carbocycles. The number of halogens is 1. The van der Waals surface area contributed by atoms with Crippen molar-refractivity contribution in [1.29, 1.82) is 0 Å². The zero-order valence-corrected chi connectivity index (χ0v) is 10.2. The van der Waals surface area contributed by atoms with E-state index in [0.717, 1.165) is 17.3 Å². The highest BCUT2D eigenvalue weighted by molar-refractivity contribution is 9.10. The lowest BCUT2D eigenvalue weighted by Gasteiger charge is -2.06. The first-order valence-corrected chi connectivity index (χ1v) is 5.71. The minimum Gasteiger partial charge on any atom is -0.507 e. The number of hydrogen-bond donors (Lipinski definition) is 2. The Balaban J connectivity index is 2.65. The normalized spacial score (nSPS) is 10.0. The van der Waals surface area contributed by atoms with Crippen molar-refractivity contribution < 1.29 is 9.90 Å². The molecular weight excluding hydrogens is 258 g/mol. The number of phenolic OH excluding ortho intramolecular Hbond substituents is 1. The lowest BCUT2D eigenvalue weighted by atomic mass is 10.2. The highest BCUT2D eigenvalue weighted by Crippen LogP contribution is 2.21.